The van der Waals surface area contributed by atoms with Crippen molar-refractivity contribution >= 4 is 11.9 Å². The second-order valence-electron chi connectivity index (χ2n) is 6.19. The minimum Gasteiger partial charge on any atom is -0.484 e. The van der Waals surface area contributed by atoms with Crippen LogP contribution in [0.3, 0.4) is 0 Å². The van der Waals surface area contributed by atoms with Gasteiger partial charge in [-0.15, -0.1) is 5.10 Å². The highest BCUT2D eigenvalue weighted by Gasteiger charge is 2.24. The molecule has 7 nitrogen and oxygen atoms in total. The number of benzene rings is 1. The summed E-state index contributed by atoms with van der Waals surface area (Å²) in [6.07, 6.45) is 0. The van der Waals surface area contributed by atoms with Crippen LogP contribution in [0.4, 0.5) is 10.4 Å². The van der Waals surface area contributed by atoms with Gasteiger partial charge >= 0.3 is 6.01 Å². The molecule has 0 radical (unpaired) electrons. The van der Waals surface area contributed by atoms with Gasteiger partial charge in [0.25, 0.3) is 5.91 Å². The SMILES string of the molecule is CC(C)c1nnc(N2CCN(C(=O)COc3ccc(F)cc3)CC2)o1. The predicted molar refractivity (Wildman–Crippen MR) is 89.1 cm³/mol. The smallest absolute Gasteiger partial charge is 0.318 e. The lowest BCUT2D eigenvalue weighted by atomic mass is 10.2. The van der Waals surface area contributed by atoms with E-state index >= 15 is 0 Å². The molecule has 1 aromatic carbocycles. The molecular formula is C17H21FN4O3. The molecule has 0 spiro atoms. The summed E-state index contributed by atoms with van der Waals surface area (Å²) >= 11 is 0. The van der Waals surface area contributed by atoms with Crippen LogP contribution in [0, 0.1) is 5.82 Å². The van der Waals surface area contributed by atoms with E-state index in [0.717, 1.165) is 0 Å². The van der Waals surface area contributed by atoms with Gasteiger partial charge in [-0.1, -0.05) is 18.9 Å². The van der Waals surface area contributed by atoms with Crippen molar-refractivity contribution in [2.24, 2.45) is 0 Å². The fourth-order valence-corrected chi connectivity index (χ4v) is 2.50. The van der Waals surface area contributed by atoms with Crippen LogP contribution in [0.15, 0.2) is 28.7 Å². The van der Waals surface area contributed by atoms with Crippen LogP contribution in [-0.2, 0) is 4.79 Å². The highest BCUT2D eigenvalue weighted by atomic mass is 19.1. The van der Waals surface area contributed by atoms with E-state index < -0.39 is 0 Å². The summed E-state index contributed by atoms with van der Waals surface area (Å²) < 4.78 is 23.9. The molecule has 1 aromatic heterocycles. The molecule has 2 aromatic rings. The molecule has 0 N–H and O–H groups in total. The van der Waals surface area contributed by atoms with Crippen LogP contribution >= 0.6 is 0 Å². The van der Waals surface area contributed by atoms with Crippen LogP contribution in [0.5, 0.6) is 5.75 Å². The molecule has 0 atom stereocenters. The summed E-state index contributed by atoms with van der Waals surface area (Å²) in [5.74, 6) is 0.836. The lowest BCUT2D eigenvalue weighted by Gasteiger charge is -2.33. The zero-order chi connectivity index (χ0) is 17.8. The summed E-state index contributed by atoms with van der Waals surface area (Å²) in [5, 5.41) is 8.09. The van der Waals surface area contributed by atoms with Crippen molar-refractivity contribution in [2.45, 2.75) is 19.8 Å². The second kappa shape index (κ2) is 7.50. The van der Waals surface area contributed by atoms with Crippen LogP contribution in [-0.4, -0.2) is 53.8 Å². The highest BCUT2D eigenvalue weighted by Crippen LogP contribution is 2.19. The first-order valence-electron chi connectivity index (χ1n) is 8.27. The van der Waals surface area contributed by atoms with E-state index in [4.69, 9.17) is 9.15 Å². The van der Waals surface area contributed by atoms with Crippen molar-refractivity contribution < 1.29 is 18.3 Å². The van der Waals surface area contributed by atoms with Gasteiger partial charge in [-0.3, -0.25) is 4.79 Å². The molecule has 2 heterocycles. The predicted octanol–water partition coefficient (Wildman–Crippen LogP) is 2.06. The van der Waals surface area contributed by atoms with E-state index in [1.807, 2.05) is 18.7 Å². The average molecular weight is 348 g/mol. The largest absolute Gasteiger partial charge is 0.484 e. The average Bonchev–Trinajstić information content (AvgIpc) is 3.11. The van der Waals surface area contributed by atoms with Crippen molar-refractivity contribution in [1.82, 2.24) is 15.1 Å². The summed E-state index contributed by atoms with van der Waals surface area (Å²) in [5.41, 5.74) is 0. The topological polar surface area (TPSA) is 71.7 Å². The number of amides is 1. The number of rotatable bonds is 5. The van der Waals surface area contributed by atoms with Crippen molar-refractivity contribution in [3.63, 3.8) is 0 Å². The summed E-state index contributed by atoms with van der Waals surface area (Å²) in [4.78, 5) is 15.9. The second-order valence-corrected chi connectivity index (χ2v) is 6.19. The molecule has 1 aliphatic heterocycles. The van der Waals surface area contributed by atoms with Crippen LogP contribution in [0.2, 0.25) is 0 Å². The number of carbonyl (C=O) groups excluding carboxylic acids is 1. The molecule has 1 saturated heterocycles. The van der Waals surface area contributed by atoms with Gasteiger partial charge in [0, 0.05) is 32.1 Å². The van der Waals surface area contributed by atoms with Crippen molar-refractivity contribution in [2.75, 3.05) is 37.7 Å². The first-order valence-corrected chi connectivity index (χ1v) is 8.27. The van der Waals surface area contributed by atoms with Gasteiger partial charge in [-0.05, 0) is 24.3 Å². The third-order valence-corrected chi connectivity index (χ3v) is 4.00. The molecule has 8 heteroatoms. The lowest BCUT2D eigenvalue weighted by molar-refractivity contribution is -0.133. The van der Waals surface area contributed by atoms with E-state index in [0.29, 0.717) is 43.8 Å². The Hall–Kier alpha value is -2.64. The van der Waals surface area contributed by atoms with Gasteiger partial charge in [-0.2, -0.15) is 0 Å². The van der Waals surface area contributed by atoms with Crippen LogP contribution in [0.25, 0.3) is 0 Å². The standard InChI is InChI=1S/C17H21FN4O3/c1-12(2)16-19-20-17(25-16)22-9-7-21(8-10-22)15(23)11-24-14-5-3-13(18)4-6-14/h3-6,12H,7-11H2,1-2H3. The molecule has 0 aliphatic carbocycles. The molecule has 3 rings (SSSR count). The minimum absolute atomic E-state index is 0.0658. The molecule has 0 saturated carbocycles. The zero-order valence-corrected chi connectivity index (χ0v) is 14.3. The Kier molecular flexibility index (Phi) is 5.16. The van der Waals surface area contributed by atoms with Gasteiger partial charge in [0.1, 0.15) is 11.6 Å². The third-order valence-electron chi connectivity index (χ3n) is 4.00. The molecule has 1 amide bonds. The Morgan fingerprint density at radius 3 is 2.48 bits per heavy atom. The normalized spacial score (nSPS) is 14.9. The monoisotopic (exact) mass is 348 g/mol. The van der Waals surface area contributed by atoms with Crippen molar-refractivity contribution in [1.29, 1.82) is 0 Å². The van der Waals surface area contributed by atoms with Gasteiger partial charge in [0.2, 0.25) is 5.89 Å². The van der Waals surface area contributed by atoms with E-state index in [2.05, 4.69) is 10.2 Å². The number of halogens is 1. The molecule has 1 fully saturated rings. The molecular weight excluding hydrogens is 327 g/mol. The Morgan fingerprint density at radius 2 is 1.88 bits per heavy atom. The van der Waals surface area contributed by atoms with E-state index in [9.17, 15) is 9.18 Å². The fraction of sp³-hybridized carbons (Fsp3) is 0.471. The quantitative estimate of drug-likeness (QED) is 0.824. The number of hydrogen-bond acceptors (Lipinski definition) is 6. The number of hydrogen-bond donors (Lipinski definition) is 0. The van der Waals surface area contributed by atoms with E-state index in [1.165, 1.54) is 24.3 Å². The van der Waals surface area contributed by atoms with Gasteiger partial charge in [0.15, 0.2) is 6.61 Å². The Morgan fingerprint density at radius 1 is 1.20 bits per heavy atom. The Balaban J connectivity index is 1.47. The molecule has 1 aliphatic rings. The van der Waals surface area contributed by atoms with Crippen molar-refractivity contribution in [3.8, 4) is 5.75 Å². The van der Waals surface area contributed by atoms with Crippen LogP contribution < -0.4 is 9.64 Å². The number of nitrogens with zero attached hydrogens (tertiary/aromatic N) is 4. The zero-order valence-electron chi connectivity index (χ0n) is 14.3. The first kappa shape index (κ1) is 17.2. The van der Waals surface area contributed by atoms with Gasteiger partial charge < -0.3 is 19.0 Å². The Bertz CT molecular complexity index is 709. The maximum Gasteiger partial charge on any atom is 0.318 e. The molecule has 134 valence electrons. The summed E-state index contributed by atoms with van der Waals surface area (Å²) in [6.45, 7) is 6.30. The van der Waals surface area contributed by atoms with E-state index in [-0.39, 0.29) is 24.2 Å². The van der Waals surface area contributed by atoms with Gasteiger partial charge in [0.05, 0.1) is 0 Å². The number of piperazine rings is 1. The van der Waals surface area contributed by atoms with E-state index in [1.54, 1.807) is 4.90 Å². The maximum atomic E-state index is 12.8. The van der Waals surface area contributed by atoms with Gasteiger partial charge in [-0.25, -0.2) is 4.39 Å². The highest BCUT2D eigenvalue weighted by molar-refractivity contribution is 5.78. The number of aromatic nitrogens is 2. The first-order chi connectivity index (χ1) is 12.0. The maximum absolute atomic E-state index is 12.8. The minimum atomic E-state index is -0.337. The number of ether oxygens (including phenoxy) is 1. The summed E-state index contributed by atoms with van der Waals surface area (Å²) in [7, 11) is 0. The summed E-state index contributed by atoms with van der Waals surface area (Å²) in [6, 6.07) is 6.10. The lowest BCUT2D eigenvalue weighted by Crippen LogP contribution is -2.50. The molecule has 0 unspecified atom stereocenters. The number of anilines is 1. The third kappa shape index (κ3) is 4.26. The molecule has 0 bridgehead atoms. The van der Waals surface area contributed by atoms with Crippen LogP contribution in [0.1, 0.15) is 25.7 Å². The van der Waals surface area contributed by atoms with Crippen molar-refractivity contribution in [3.05, 3.63) is 36.0 Å². The molecule has 25 heavy (non-hydrogen) atoms. The Labute approximate surface area is 145 Å². The fourth-order valence-electron chi connectivity index (χ4n) is 2.50. The number of carbonyl (C=O) groups is 1.